The van der Waals surface area contributed by atoms with Crippen LogP contribution in [0.1, 0.15) is 53.2 Å². The number of nitro benzene ring substituents is 1. The van der Waals surface area contributed by atoms with E-state index in [-0.39, 0.29) is 34.2 Å². The molecule has 1 unspecified atom stereocenters. The van der Waals surface area contributed by atoms with Gasteiger partial charge in [0.05, 0.1) is 16.8 Å². The summed E-state index contributed by atoms with van der Waals surface area (Å²) in [6.45, 7) is 1.49. The third-order valence-corrected chi connectivity index (χ3v) is 9.02. The molecule has 0 radical (unpaired) electrons. The first-order valence-electron chi connectivity index (χ1n) is 14.2. The number of aryl methyl sites for hydroxylation is 1. The summed E-state index contributed by atoms with van der Waals surface area (Å²) >= 11 is 0. The van der Waals surface area contributed by atoms with Gasteiger partial charge in [0.1, 0.15) is 23.4 Å². The number of fused-ring (bicyclic) bond motifs is 8. The number of aromatic hydroxyl groups is 4. The van der Waals surface area contributed by atoms with Crippen molar-refractivity contribution in [2.24, 2.45) is 11.8 Å². The van der Waals surface area contributed by atoms with Crippen LogP contribution in [0.4, 0.5) is 5.69 Å². The first-order valence-corrected chi connectivity index (χ1v) is 14.2. The molecule has 3 aliphatic rings. The van der Waals surface area contributed by atoms with Crippen LogP contribution in [0.5, 0.6) is 40.2 Å². The highest BCUT2D eigenvalue weighted by molar-refractivity contribution is 5.72. The topological polar surface area (TPSA) is 189 Å². The smallest absolute Gasteiger partial charge is 0.306 e. The number of phenolic OH excluding ortho intramolecular Hbond substituents is 4. The summed E-state index contributed by atoms with van der Waals surface area (Å²) in [5.41, 5.74) is 2.29. The Hall–Kier alpha value is -5.65. The Balaban J connectivity index is 1.50. The lowest BCUT2D eigenvalue weighted by Crippen LogP contribution is -2.57. The fourth-order valence-electron chi connectivity index (χ4n) is 6.85. The number of phenols is 4. The van der Waals surface area contributed by atoms with Crippen molar-refractivity contribution in [2.45, 2.75) is 37.6 Å². The number of carboxylic acid groups (broad SMARTS) is 1. The Morgan fingerprint density at radius 1 is 0.911 bits per heavy atom. The van der Waals surface area contributed by atoms with Crippen LogP contribution in [0.2, 0.25) is 0 Å². The molecule has 4 aromatic rings. The first kappa shape index (κ1) is 28.1. The summed E-state index contributed by atoms with van der Waals surface area (Å²) in [6.07, 6.45) is 0.546. The predicted molar refractivity (Wildman–Crippen MR) is 156 cm³/mol. The van der Waals surface area contributed by atoms with Crippen molar-refractivity contribution < 1.29 is 49.5 Å². The Bertz CT molecular complexity index is 1910. The van der Waals surface area contributed by atoms with Gasteiger partial charge >= 0.3 is 5.97 Å². The zero-order valence-electron chi connectivity index (χ0n) is 23.7. The lowest BCUT2D eigenvalue weighted by molar-refractivity contribution is -0.385. The monoisotopic (exact) mass is 613 g/mol. The molecule has 7 rings (SSSR count). The van der Waals surface area contributed by atoms with E-state index in [1.54, 1.807) is 12.1 Å². The maximum Gasteiger partial charge on any atom is 0.306 e. The number of aliphatic carboxylic acids is 1. The minimum absolute atomic E-state index is 0.214. The highest BCUT2D eigenvalue weighted by atomic mass is 16.7. The van der Waals surface area contributed by atoms with E-state index in [2.05, 4.69) is 0 Å². The molecule has 0 spiro atoms. The molecular formula is C33H27NO11. The minimum Gasteiger partial charge on any atom is -0.504 e. The first-order chi connectivity index (χ1) is 21.5. The molecule has 0 aliphatic carbocycles. The van der Waals surface area contributed by atoms with Gasteiger partial charge in [0.15, 0.2) is 23.0 Å². The maximum absolute atomic E-state index is 12.7. The van der Waals surface area contributed by atoms with Gasteiger partial charge in [0, 0.05) is 34.7 Å². The van der Waals surface area contributed by atoms with Crippen LogP contribution in [0.15, 0.2) is 66.7 Å². The van der Waals surface area contributed by atoms with Gasteiger partial charge in [-0.15, -0.1) is 0 Å². The van der Waals surface area contributed by atoms with Crippen LogP contribution >= 0.6 is 0 Å². The van der Waals surface area contributed by atoms with Crippen molar-refractivity contribution in [3.05, 3.63) is 105 Å². The highest BCUT2D eigenvalue weighted by Gasteiger charge is 2.62. The average Bonchev–Trinajstić information content (AvgIpc) is 3.02. The molecule has 5 N–H and O–H groups in total. The van der Waals surface area contributed by atoms with Crippen molar-refractivity contribution in [3.8, 4) is 40.2 Å². The summed E-state index contributed by atoms with van der Waals surface area (Å²) in [5, 5.41) is 62.8. The summed E-state index contributed by atoms with van der Waals surface area (Å²) in [5.74, 6) is -6.60. The van der Waals surface area contributed by atoms with Gasteiger partial charge < -0.3 is 39.7 Å². The molecule has 0 fully saturated rings. The van der Waals surface area contributed by atoms with Crippen molar-refractivity contribution in [3.63, 3.8) is 0 Å². The summed E-state index contributed by atoms with van der Waals surface area (Å²) in [6, 6.07) is 16.0. The number of carbonyl (C=O) groups is 1. The molecule has 12 nitrogen and oxygen atoms in total. The lowest BCUT2D eigenvalue weighted by Gasteiger charge is -2.53. The Morgan fingerprint density at radius 3 is 2.29 bits per heavy atom. The van der Waals surface area contributed by atoms with Gasteiger partial charge in [-0.25, -0.2) is 0 Å². The second kappa shape index (κ2) is 9.94. The quantitative estimate of drug-likeness (QED) is 0.107. The maximum atomic E-state index is 12.7. The largest absolute Gasteiger partial charge is 0.504 e. The van der Waals surface area contributed by atoms with Gasteiger partial charge in [-0.1, -0.05) is 19.1 Å². The number of ether oxygens (including phenoxy) is 3. The third-order valence-electron chi connectivity index (χ3n) is 9.02. The van der Waals surface area contributed by atoms with Gasteiger partial charge in [-0.3, -0.25) is 14.9 Å². The van der Waals surface area contributed by atoms with Crippen LogP contribution in [-0.2, 0) is 17.0 Å². The van der Waals surface area contributed by atoms with E-state index >= 15 is 0 Å². The van der Waals surface area contributed by atoms with E-state index in [9.17, 15) is 40.4 Å². The number of hydrogen-bond acceptors (Lipinski definition) is 10. The van der Waals surface area contributed by atoms with E-state index in [4.69, 9.17) is 14.2 Å². The molecule has 12 heteroatoms. The number of non-ortho nitro benzene ring substituents is 1. The fraction of sp³-hybridized carbons (Fsp3) is 0.242. The molecule has 0 saturated heterocycles. The van der Waals surface area contributed by atoms with E-state index < -0.39 is 52.0 Å². The molecule has 5 atom stereocenters. The normalized spacial score (nSPS) is 23.2. The zero-order chi connectivity index (χ0) is 31.8. The molecular weight excluding hydrogens is 586 g/mol. The van der Waals surface area contributed by atoms with Gasteiger partial charge in [0.2, 0.25) is 0 Å². The van der Waals surface area contributed by atoms with E-state index in [0.29, 0.717) is 35.3 Å². The molecule has 3 aliphatic heterocycles. The Labute approximate surface area is 255 Å². The third kappa shape index (κ3) is 4.24. The Morgan fingerprint density at radius 2 is 1.60 bits per heavy atom. The fourth-order valence-corrected chi connectivity index (χ4v) is 6.85. The van der Waals surface area contributed by atoms with Crippen LogP contribution < -0.4 is 14.2 Å². The van der Waals surface area contributed by atoms with Crippen LogP contribution in [0.25, 0.3) is 0 Å². The number of rotatable bonds is 5. The van der Waals surface area contributed by atoms with Crippen molar-refractivity contribution in [2.75, 3.05) is 0 Å². The second-order valence-corrected chi connectivity index (χ2v) is 11.5. The van der Waals surface area contributed by atoms with E-state index in [1.165, 1.54) is 55.5 Å². The molecule has 0 saturated carbocycles. The lowest BCUT2D eigenvalue weighted by atomic mass is 9.64. The van der Waals surface area contributed by atoms with Crippen molar-refractivity contribution in [1.82, 2.24) is 0 Å². The molecule has 45 heavy (non-hydrogen) atoms. The number of carboxylic acids is 1. The Kier molecular flexibility index (Phi) is 6.22. The number of nitrogens with zero attached hydrogens (tertiary/aromatic N) is 1. The molecule has 2 bridgehead atoms. The minimum atomic E-state index is -1.84. The van der Waals surface area contributed by atoms with Crippen LogP contribution in [0, 0.1) is 22.0 Å². The summed E-state index contributed by atoms with van der Waals surface area (Å²) < 4.78 is 19.8. The van der Waals surface area contributed by atoms with Gasteiger partial charge in [0.25, 0.3) is 11.5 Å². The summed E-state index contributed by atoms with van der Waals surface area (Å²) in [4.78, 5) is 24.1. The molecule has 3 heterocycles. The SMILES string of the molecule is CC(C(=O)O)[C@@H]1[C@H]2c3cc([N+](=O)[O-])ccc3O[C@]1(c1ccc(O)c(O)c1)Oc1ccc3c(c12)O[C@@H](c1ccc(O)c(O)c1)CC3. The molecule has 230 valence electrons. The van der Waals surface area contributed by atoms with Gasteiger partial charge in [-0.05, 0) is 66.4 Å². The average molecular weight is 614 g/mol. The van der Waals surface area contributed by atoms with Gasteiger partial charge in [-0.2, -0.15) is 0 Å². The van der Waals surface area contributed by atoms with Crippen LogP contribution in [-0.4, -0.2) is 36.4 Å². The van der Waals surface area contributed by atoms with Crippen molar-refractivity contribution >= 4 is 11.7 Å². The highest BCUT2D eigenvalue weighted by Crippen LogP contribution is 2.63. The number of benzene rings is 4. The van der Waals surface area contributed by atoms with E-state index in [0.717, 1.165) is 5.56 Å². The van der Waals surface area contributed by atoms with Crippen LogP contribution in [0.3, 0.4) is 0 Å². The van der Waals surface area contributed by atoms with E-state index in [1.807, 2.05) is 6.07 Å². The second-order valence-electron chi connectivity index (χ2n) is 11.5. The zero-order valence-corrected chi connectivity index (χ0v) is 23.7. The molecule has 4 aromatic carbocycles. The number of hydrogen-bond donors (Lipinski definition) is 5. The molecule has 0 aromatic heterocycles. The summed E-state index contributed by atoms with van der Waals surface area (Å²) in [7, 11) is 0. The van der Waals surface area contributed by atoms with Crippen molar-refractivity contribution in [1.29, 1.82) is 0 Å². The number of nitro groups is 1. The standard InChI is InChI=1S/C33H27NO11/c1-15(32(39)40)30-28-20-14-19(34(41)42)6-11-26(20)44-33(30,18-5-8-22(36)24(38)13-18)45-27-10-4-16-3-9-25(43-31(16)29(27)28)17-2-7-21(35)23(37)12-17/h2,4-8,10-15,25,28,30,35-38H,3,9H2,1H3,(H,39,40)/t15?,25-,28+,30-,33-/m1/s1. The molecule has 0 amide bonds. The predicted octanol–water partition coefficient (Wildman–Crippen LogP) is 5.59.